The maximum atomic E-state index is 7.05. The molecule has 0 spiro atoms. The van der Waals surface area contributed by atoms with Crippen molar-refractivity contribution < 1.29 is 0 Å². The van der Waals surface area contributed by atoms with Gasteiger partial charge in [-0.3, -0.25) is 0 Å². The molecule has 0 aliphatic rings. The lowest BCUT2D eigenvalue weighted by Crippen LogP contribution is -2.10. The molecule has 0 atom stereocenters. The molecule has 1 rings (SSSR count). The van der Waals surface area contributed by atoms with E-state index in [4.69, 9.17) is 5.41 Å². The Bertz CT molecular complexity index is 264. The highest BCUT2D eigenvalue weighted by molar-refractivity contribution is 5.76. The fraction of sp³-hybridized carbons (Fsp3) is 0.364. The molecule has 0 aromatic heterocycles. The molecule has 1 heteroatoms. The zero-order chi connectivity index (χ0) is 9.19. The minimum absolute atomic E-state index is 0.209. The van der Waals surface area contributed by atoms with Crippen molar-refractivity contribution in [2.45, 2.75) is 26.2 Å². The lowest BCUT2D eigenvalue weighted by Gasteiger charge is -2.18. The van der Waals surface area contributed by atoms with E-state index in [0.29, 0.717) is 0 Å². The van der Waals surface area contributed by atoms with Crippen molar-refractivity contribution in [1.29, 1.82) is 5.41 Å². The smallest absolute Gasteiger partial charge is 0.0250 e. The van der Waals surface area contributed by atoms with E-state index < -0.39 is 0 Å². The van der Waals surface area contributed by atoms with Gasteiger partial charge in [-0.15, -0.1) is 0 Å². The standard InChI is InChI=1S/C11H15N/c1-11(2,3)10-6-4-9(8-12)5-7-10/h4-8,12H,1-3H3. The molecule has 1 aromatic carbocycles. The number of benzene rings is 1. The zero-order valence-corrected chi connectivity index (χ0v) is 7.89. The third kappa shape index (κ3) is 1.94. The first-order chi connectivity index (χ1) is 5.54. The molecule has 0 heterocycles. The summed E-state index contributed by atoms with van der Waals surface area (Å²) in [5.41, 5.74) is 2.48. The van der Waals surface area contributed by atoms with Crippen molar-refractivity contribution >= 4 is 6.21 Å². The summed E-state index contributed by atoms with van der Waals surface area (Å²) in [5.74, 6) is 0. The molecule has 0 bridgehead atoms. The van der Waals surface area contributed by atoms with Gasteiger partial charge in [0.15, 0.2) is 0 Å². The zero-order valence-electron chi connectivity index (χ0n) is 7.89. The highest BCUT2D eigenvalue weighted by atomic mass is 14.3. The van der Waals surface area contributed by atoms with E-state index in [0.717, 1.165) is 5.56 Å². The summed E-state index contributed by atoms with van der Waals surface area (Å²) in [6.45, 7) is 6.56. The van der Waals surface area contributed by atoms with Crippen LogP contribution in [0.25, 0.3) is 0 Å². The normalized spacial score (nSPS) is 11.2. The van der Waals surface area contributed by atoms with Gasteiger partial charge >= 0.3 is 0 Å². The molecule has 0 unspecified atom stereocenters. The molecular weight excluding hydrogens is 146 g/mol. The highest BCUT2D eigenvalue weighted by Gasteiger charge is 2.12. The van der Waals surface area contributed by atoms with Crippen molar-refractivity contribution in [3.8, 4) is 0 Å². The SMILES string of the molecule is CC(C)(C)c1ccc(C=N)cc1. The molecule has 0 saturated heterocycles. The second-order valence-corrected chi connectivity index (χ2v) is 4.02. The maximum Gasteiger partial charge on any atom is 0.0250 e. The summed E-state index contributed by atoms with van der Waals surface area (Å²) in [4.78, 5) is 0. The minimum Gasteiger partial charge on any atom is -0.308 e. The van der Waals surface area contributed by atoms with Crippen LogP contribution >= 0.6 is 0 Å². The van der Waals surface area contributed by atoms with Crippen LogP contribution in [0.15, 0.2) is 24.3 Å². The molecule has 0 aliphatic carbocycles. The van der Waals surface area contributed by atoms with Gasteiger partial charge in [0.25, 0.3) is 0 Å². The van der Waals surface area contributed by atoms with Gasteiger partial charge in [-0.2, -0.15) is 0 Å². The number of rotatable bonds is 1. The average molecular weight is 161 g/mol. The van der Waals surface area contributed by atoms with Crippen molar-refractivity contribution in [3.63, 3.8) is 0 Å². The van der Waals surface area contributed by atoms with Crippen LogP contribution in [-0.2, 0) is 5.41 Å². The monoisotopic (exact) mass is 161 g/mol. The Morgan fingerprint density at radius 3 is 1.92 bits per heavy atom. The molecule has 1 nitrogen and oxygen atoms in total. The molecular formula is C11H15N. The van der Waals surface area contributed by atoms with E-state index in [1.54, 1.807) is 0 Å². The van der Waals surface area contributed by atoms with Gasteiger partial charge in [0.2, 0.25) is 0 Å². The highest BCUT2D eigenvalue weighted by Crippen LogP contribution is 2.21. The van der Waals surface area contributed by atoms with Crippen LogP contribution in [0.3, 0.4) is 0 Å². The maximum absolute atomic E-state index is 7.05. The number of hydrogen-bond donors (Lipinski definition) is 1. The van der Waals surface area contributed by atoms with Gasteiger partial charge in [0.1, 0.15) is 0 Å². The predicted octanol–water partition coefficient (Wildman–Crippen LogP) is 2.98. The molecule has 64 valence electrons. The Morgan fingerprint density at radius 1 is 1.08 bits per heavy atom. The second-order valence-electron chi connectivity index (χ2n) is 4.02. The van der Waals surface area contributed by atoms with Crippen molar-refractivity contribution in [3.05, 3.63) is 35.4 Å². The first-order valence-electron chi connectivity index (χ1n) is 4.15. The molecule has 1 N–H and O–H groups in total. The summed E-state index contributed by atoms with van der Waals surface area (Å²) in [5, 5.41) is 7.05. The second kappa shape index (κ2) is 3.10. The van der Waals surface area contributed by atoms with Crippen molar-refractivity contribution in [2.24, 2.45) is 0 Å². The topological polar surface area (TPSA) is 23.9 Å². The predicted molar refractivity (Wildman–Crippen MR) is 53.0 cm³/mol. The molecule has 0 saturated carbocycles. The minimum atomic E-state index is 0.209. The Balaban J connectivity index is 3.00. The summed E-state index contributed by atoms with van der Waals surface area (Å²) >= 11 is 0. The molecule has 1 aromatic rings. The van der Waals surface area contributed by atoms with E-state index in [1.165, 1.54) is 11.8 Å². The van der Waals surface area contributed by atoms with Crippen molar-refractivity contribution in [2.75, 3.05) is 0 Å². The lowest BCUT2D eigenvalue weighted by atomic mass is 9.87. The Kier molecular flexibility index (Phi) is 2.32. The van der Waals surface area contributed by atoms with Crippen LogP contribution in [0.5, 0.6) is 0 Å². The number of hydrogen-bond acceptors (Lipinski definition) is 1. The molecule has 0 amide bonds. The van der Waals surface area contributed by atoms with Gasteiger partial charge in [-0.1, -0.05) is 45.0 Å². The summed E-state index contributed by atoms with van der Waals surface area (Å²) in [7, 11) is 0. The first kappa shape index (κ1) is 8.98. The fourth-order valence-electron chi connectivity index (χ4n) is 1.08. The van der Waals surface area contributed by atoms with Crippen LogP contribution in [0, 0.1) is 5.41 Å². The molecule has 0 fully saturated rings. The molecule has 12 heavy (non-hydrogen) atoms. The van der Waals surface area contributed by atoms with E-state index in [9.17, 15) is 0 Å². The van der Waals surface area contributed by atoms with E-state index in [2.05, 4.69) is 32.9 Å². The summed E-state index contributed by atoms with van der Waals surface area (Å²) in [6.07, 6.45) is 1.37. The van der Waals surface area contributed by atoms with Crippen LogP contribution in [-0.4, -0.2) is 6.21 Å². The fourth-order valence-corrected chi connectivity index (χ4v) is 1.08. The van der Waals surface area contributed by atoms with E-state index in [-0.39, 0.29) is 5.41 Å². The quantitative estimate of drug-likeness (QED) is 0.612. The third-order valence-corrected chi connectivity index (χ3v) is 1.94. The van der Waals surface area contributed by atoms with E-state index in [1.807, 2.05) is 12.1 Å². The van der Waals surface area contributed by atoms with Gasteiger partial charge in [0, 0.05) is 6.21 Å². The lowest BCUT2D eigenvalue weighted by molar-refractivity contribution is 0.590. The summed E-state index contributed by atoms with van der Waals surface area (Å²) in [6, 6.07) is 8.13. The Morgan fingerprint density at radius 2 is 1.58 bits per heavy atom. The third-order valence-electron chi connectivity index (χ3n) is 1.94. The summed E-state index contributed by atoms with van der Waals surface area (Å²) < 4.78 is 0. The average Bonchev–Trinajstić information content (AvgIpc) is 2.03. The first-order valence-corrected chi connectivity index (χ1v) is 4.15. The van der Waals surface area contributed by atoms with Gasteiger partial charge in [-0.05, 0) is 16.5 Å². The van der Waals surface area contributed by atoms with Crippen LogP contribution < -0.4 is 0 Å². The van der Waals surface area contributed by atoms with Crippen LogP contribution in [0.2, 0.25) is 0 Å². The molecule has 0 aliphatic heterocycles. The van der Waals surface area contributed by atoms with Gasteiger partial charge in [-0.25, -0.2) is 0 Å². The van der Waals surface area contributed by atoms with E-state index >= 15 is 0 Å². The van der Waals surface area contributed by atoms with Crippen molar-refractivity contribution in [1.82, 2.24) is 0 Å². The van der Waals surface area contributed by atoms with Crippen LogP contribution in [0.1, 0.15) is 31.9 Å². The largest absolute Gasteiger partial charge is 0.308 e. The van der Waals surface area contributed by atoms with Gasteiger partial charge in [0.05, 0.1) is 0 Å². The van der Waals surface area contributed by atoms with Gasteiger partial charge < -0.3 is 5.41 Å². The Hall–Kier alpha value is -1.11. The Labute approximate surface area is 73.9 Å². The number of nitrogens with one attached hydrogen (secondary N) is 1. The van der Waals surface area contributed by atoms with Crippen LogP contribution in [0.4, 0.5) is 0 Å². The molecule has 0 radical (unpaired) electrons.